The van der Waals surface area contributed by atoms with Crippen molar-refractivity contribution in [2.24, 2.45) is 0 Å². The normalized spacial score (nSPS) is 11.5. The van der Waals surface area contributed by atoms with Crippen LogP contribution in [0.4, 0.5) is 0 Å². The zero-order valence-electron chi connectivity index (χ0n) is 11.5. The van der Waals surface area contributed by atoms with Gasteiger partial charge >= 0.3 is 11.9 Å². The van der Waals surface area contributed by atoms with E-state index >= 15 is 0 Å². The summed E-state index contributed by atoms with van der Waals surface area (Å²) in [6.45, 7) is 12.4. The molecule has 0 N–H and O–H groups in total. The Hall–Kier alpha value is -1.58. The summed E-state index contributed by atoms with van der Waals surface area (Å²) in [5.74, 6) is -0.729. The van der Waals surface area contributed by atoms with Crippen LogP contribution in [0.2, 0.25) is 0 Å². The molecule has 0 saturated heterocycles. The molecular formula is C14H22O4. The summed E-state index contributed by atoms with van der Waals surface area (Å²) in [5, 5.41) is 0. The summed E-state index contributed by atoms with van der Waals surface area (Å²) in [7, 11) is 0. The summed E-state index contributed by atoms with van der Waals surface area (Å²) in [4.78, 5) is 22.3. The highest BCUT2D eigenvalue weighted by Crippen LogP contribution is 2.07. The smallest absolute Gasteiger partial charge is 0.333 e. The Balaban J connectivity index is 3.61. The first kappa shape index (κ1) is 16.4. The minimum atomic E-state index is -0.365. The lowest BCUT2D eigenvalue weighted by atomic mass is 10.2. The van der Waals surface area contributed by atoms with E-state index in [-0.39, 0.29) is 18.0 Å². The highest BCUT2D eigenvalue weighted by atomic mass is 16.5. The third-order valence-electron chi connectivity index (χ3n) is 2.24. The third kappa shape index (κ3) is 7.65. The van der Waals surface area contributed by atoms with Gasteiger partial charge in [0, 0.05) is 11.1 Å². The van der Waals surface area contributed by atoms with Crippen molar-refractivity contribution in [3.63, 3.8) is 0 Å². The van der Waals surface area contributed by atoms with Gasteiger partial charge in [-0.3, -0.25) is 0 Å². The highest BCUT2D eigenvalue weighted by Gasteiger charge is 2.09. The van der Waals surface area contributed by atoms with Gasteiger partial charge in [0.2, 0.25) is 0 Å². The maximum absolute atomic E-state index is 11.2. The topological polar surface area (TPSA) is 52.6 Å². The number of rotatable bonds is 8. The molecule has 0 amide bonds. The van der Waals surface area contributed by atoms with Gasteiger partial charge in [-0.1, -0.05) is 13.2 Å². The molecule has 4 heteroatoms. The second kappa shape index (κ2) is 8.50. The minimum absolute atomic E-state index is 0.147. The van der Waals surface area contributed by atoms with Crippen LogP contribution in [0.25, 0.3) is 0 Å². The number of carbonyl (C=O) groups excluding carboxylic acids is 2. The van der Waals surface area contributed by atoms with Crippen LogP contribution in [0.5, 0.6) is 0 Å². The van der Waals surface area contributed by atoms with Crippen LogP contribution in [0.15, 0.2) is 24.3 Å². The highest BCUT2D eigenvalue weighted by molar-refractivity contribution is 5.87. The second-order valence-corrected chi connectivity index (χ2v) is 4.41. The standard InChI is InChI=1S/C14H22O4/c1-10(2)13(15)17-9-7-6-8-12(5)18-14(16)11(3)4/h12H,1,3,6-9H2,2,4-5H3. The molecule has 0 saturated carbocycles. The van der Waals surface area contributed by atoms with Gasteiger partial charge in [0.25, 0.3) is 0 Å². The number of hydrogen-bond donors (Lipinski definition) is 0. The number of hydrogen-bond acceptors (Lipinski definition) is 4. The van der Waals surface area contributed by atoms with Crippen molar-refractivity contribution in [1.82, 2.24) is 0 Å². The van der Waals surface area contributed by atoms with Crippen molar-refractivity contribution in [1.29, 1.82) is 0 Å². The number of esters is 2. The molecule has 0 aromatic rings. The predicted molar refractivity (Wildman–Crippen MR) is 70.0 cm³/mol. The zero-order chi connectivity index (χ0) is 14.1. The summed E-state index contributed by atoms with van der Waals surface area (Å²) < 4.78 is 10.1. The quantitative estimate of drug-likeness (QED) is 0.380. The number of ether oxygens (including phenoxy) is 2. The lowest BCUT2D eigenvalue weighted by Crippen LogP contribution is -2.15. The van der Waals surface area contributed by atoms with Gasteiger partial charge in [-0.15, -0.1) is 0 Å². The second-order valence-electron chi connectivity index (χ2n) is 4.41. The minimum Gasteiger partial charge on any atom is -0.462 e. The monoisotopic (exact) mass is 254 g/mol. The first-order valence-corrected chi connectivity index (χ1v) is 6.03. The average molecular weight is 254 g/mol. The molecule has 0 heterocycles. The molecule has 18 heavy (non-hydrogen) atoms. The van der Waals surface area contributed by atoms with Crippen molar-refractivity contribution in [2.45, 2.75) is 46.1 Å². The summed E-state index contributed by atoms with van der Waals surface area (Å²) in [6, 6.07) is 0. The van der Waals surface area contributed by atoms with E-state index in [0.717, 1.165) is 19.3 Å². The molecule has 4 nitrogen and oxygen atoms in total. The van der Waals surface area contributed by atoms with Crippen LogP contribution < -0.4 is 0 Å². The molecule has 0 spiro atoms. The molecule has 0 radical (unpaired) electrons. The fourth-order valence-corrected chi connectivity index (χ4v) is 1.16. The molecular weight excluding hydrogens is 232 g/mol. The van der Waals surface area contributed by atoms with Crippen molar-refractivity contribution in [3.8, 4) is 0 Å². The van der Waals surface area contributed by atoms with E-state index in [4.69, 9.17) is 9.47 Å². The number of unbranched alkanes of at least 4 members (excludes halogenated alkanes) is 1. The van der Waals surface area contributed by atoms with E-state index in [0.29, 0.717) is 17.8 Å². The van der Waals surface area contributed by atoms with Gasteiger partial charge in [-0.05, 0) is 40.0 Å². The van der Waals surface area contributed by atoms with Gasteiger partial charge in [0.15, 0.2) is 0 Å². The molecule has 0 aliphatic heterocycles. The maximum atomic E-state index is 11.2. The van der Waals surface area contributed by atoms with E-state index in [1.54, 1.807) is 13.8 Å². The van der Waals surface area contributed by atoms with Crippen LogP contribution in [0.3, 0.4) is 0 Å². The Kier molecular flexibility index (Phi) is 7.76. The van der Waals surface area contributed by atoms with Gasteiger partial charge in [0.1, 0.15) is 0 Å². The first-order chi connectivity index (χ1) is 8.34. The van der Waals surface area contributed by atoms with Gasteiger partial charge < -0.3 is 9.47 Å². The van der Waals surface area contributed by atoms with Gasteiger partial charge in [-0.2, -0.15) is 0 Å². The fourth-order valence-electron chi connectivity index (χ4n) is 1.16. The molecule has 0 bridgehead atoms. The molecule has 0 rings (SSSR count). The Bertz CT molecular complexity index is 331. The molecule has 0 aliphatic rings. The Labute approximate surface area is 109 Å². The van der Waals surface area contributed by atoms with Crippen molar-refractivity contribution < 1.29 is 19.1 Å². The lowest BCUT2D eigenvalue weighted by molar-refractivity contribution is -0.143. The molecule has 0 aliphatic carbocycles. The SMILES string of the molecule is C=C(C)C(=O)OCCCCC(C)OC(=O)C(=C)C. The van der Waals surface area contributed by atoms with Crippen molar-refractivity contribution >= 4 is 11.9 Å². The maximum Gasteiger partial charge on any atom is 0.333 e. The van der Waals surface area contributed by atoms with E-state index in [1.165, 1.54) is 0 Å². The largest absolute Gasteiger partial charge is 0.462 e. The van der Waals surface area contributed by atoms with Gasteiger partial charge in [0.05, 0.1) is 12.7 Å². The van der Waals surface area contributed by atoms with E-state index in [1.807, 2.05) is 6.92 Å². The van der Waals surface area contributed by atoms with E-state index < -0.39 is 0 Å². The fraction of sp³-hybridized carbons (Fsp3) is 0.571. The van der Waals surface area contributed by atoms with Crippen LogP contribution in [0.1, 0.15) is 40.0 Å². The first-order valence-electron chi connectivity index (χ1n) is 6.03. The van der Waals surface area contributed by atoms with Crippen LogP contribution >= 0.6 is 0 Å². The zero-order valence-corrected chi connectivity index (χ0v) is 11.5. The predicted octanol–water partition coefficient (Wildman–Crippen LogP) is 2.78. The van der Waals surface area contributed by atoms with Crippen molar-refractivity contribution in [2.75, 3.05) is 6.61 Å². The summed E-state index contributed by atoms with van der Waals surface area (Å²) in [6.07, 6.45) is 2.16. The van der Waals surface area contributed by atoms with Crippen molar-refractivity contribution in [3.05, 3.63) is 24.3 Å². The van der Waals surface area contributed by atoms with Crippen LogP contribution in [-0.2, 0) is 19.1 Å². The summed E-state index contributed by atoms with van der Waals surface area (Å²) in [5.41, 5.74) is 0.802. The summed E-state index contributed by atoms with van der Waals surface area (Å²) >= 11 is 0. The third-order valence-corrected chi connectivity index (χ3v) is 2.24. The number of carbonyl (C=O) groups is 2. The molecule has 1 atom stereocenters. The average Bonchev–Trinajstić information content (AvgIpc) is 2.27. The molecule has 0 aromatic heterocycles. The van der Waals surface area contributed by atoms with E-state index in [2.05, 4.69) is 13.2 Å². The van der Waals surface area contributed by atoms with E-state index in [9.17, 15) is 9.59 Å². The molecule has 0 fully saturated rings. The Morgan fingerprint density at radius 3 is 2.11 bits per heavy atom. The van der Waals surface area contributed by atoms with Gasteiger partial charge in [-0.25, -0.2) is 9.59 Å². The molecule has 0 aromatic carbocycles. The molecule has 1 unspecified atom stereocenters. The Morgan fingerprint density at radius 1 is 1.06 bits per heavy atom. The lowest BCUT2D eigenvalue weighted by Gasteiger charge is -2.12. The van der Waals surface area contributed by atoms with Crippen LogP contribution in [-0.4, -0.2) is 24.6 Å². The van der Waals surface area contributed by atoms with Crippen LogP contribution in [0, 0.1) is 0 Å². The molecule has 102 valence electrons. The Morgan fingerprint density at radius 2 is 1.61 bits per heavy atom.